The largest absolute Gasteiger partial charge is 0.0795 e. The molecule has 2 rings (SSSR count). The zero-order valence-corrected chi connectivity index (χ0v) is 8.13. The van der Waals surface area contributed by atoms with Crippen molar-refractivity contribution in [2.24, 2.45) is 0 Å². The third kappa shape index (κ3) is 1.29. The molecular formula is C9H8Zr. The van der Waals surface area contributed by atoms with Crippen LogP contribution in [0.1, 0.15) is 11.1 Å². The number of hydrogen-bond acceptors (Lipinski definition) is 0. The summed E-state index contributed by atoms with van der Waals surface area (Å²) in [6.07, 6.45) is 5.50. The molecule has 0 saturated heterocycles. The van der Waals surface area contributed by atoms with E-state index in [1.54, 1.807) is 0 Å². The van der Waals surface area contributed by atoms with E-state index >= 15 is 0 Å². The van der Waals surface area contributed by atoms with Gasteiger partial charge in [-0.25, -0.2) is 0 Å². The van der Waals surface area contributed by atoms with Crippen LogP contribution in [0.15, 0.2) is 30.3 Å². The molecule has 0 nitrogen and oxygen atoms in total. The molecule has 1 aliphatic carbocycles. The van der Waals surface area contributed by atoms with Crippen molar-refractivity contribution in [3.8, 4) is 0 Å². The average Bonchev–Trinajstić information content (AvgIpc) is 2.33. The molecule has 0 atom stereocenters. The van der Waals surface area contributed by atoms with Crippen LogP contribution in [0, 0.1) is 0 Å². The molecule has 0 fully saturated rings. The van der Waals surface area contributed by atoms with E-state index in [9.17, 15) is 0 Å². The van der Waals surface area contributed by atoms with Crippen molar-refractivity contribution in [1.29, 1.82) is 0 Å². The molecule has 0 radical (unpaired) electrons. The Hall–Kier alpha value is -0.157. The van der Waals surface area contributed by atoms with E-state index in [4.69, 9.17) is 0 Å². The summed E-state index contributed by atoms with van der Waals surface area (Å²) in [5.41, 5.74) is 2.84. The Balaban J connectivity index is 0.000000500. The van der Waals surface area contributed by atoms with E-state index in [1.165, 1.54) is 11.1 Å². The average molecular weight is 207 g/mol. The van der Waals surface area contributed by atoms with Crippen LogP contribution in [0.3, 0.4) is 0 Å². The first kappa shape index (κ1) is 7.94. The molecule has 0 unspecified atom stereocenters. The Bertz CT molecular complexity index is 251. The van der Waals surface area contributed by atoms with Crippen molar-refractivity contribution in [2.45, 2.75) is 6.42 Å². The Morgan fingerprint density at radius 3 is 2.70 bits per heavy atom. The maximum absolute atomic E-state index is 2.20. The van der Waals surface area contributed by atoms with Gasteiger partial charge < -0.3 is 0 Å². The monoisotopic (exact) mass is 206 g/mol. The third-order valence-corrected chi connectivity index (χ3v) is 1.69. The first-order chi connectivity index (χ1) is 4.47. The minimum atomic E-state index is 0. The number of allylic oxidation sites excluding steroid dienone is 1. The third-order valence-electron chi connectivity index (χ3n) is 1.69. The maximum Gasteiger partial charge on any atom is 0 e. The van der Waals surface area contributed by atoms with Crippen LogP contribution in [0.25, 0.3) is 6.08 Å². The second kappa shape index (κ2) is 3.30. The van der Waals surface area contributed by atoms with Gasteiger partial charge in [0, 0.05) is 26.2 Å². The fraction of sp³-hybridized carbons (Fsp3) is 0.111. The number of fused-ring (bicyclic) bond motifs is 1. The van der Waals surface area contributed by atoms with Gasteiger partial charge in [0.15, 0.2) is 0 Å². The zero-order valence-electron chi connectivity index (χ0n) is 5.67. The van der Waals surface area contributed by atoms with Crippen molar-refractivity contribution >= 4 is 6.08 Å². The van der Waals surface area contributed by atoms with Crippen molar-refractivity contribution in [2.75, 3.05) is 0 Å². The van der Waals surface area contributed by atoms with Crippen LogP contribution in [0.4, 0.5) is 0 Å². The number of rotatable bonds is 0. The molecule has 0 spiro atoms. The molecule has 0 saturated carbocycles. The van der Waals surface area contributed by atoms with Gasteiger partial charge in [-0.1, -0.05) is 36.4 Å². The van der Waals surface area contributed by atoms with Gasteiger partial charge >= 0.3 is 0 Å². The summed E-state index contributed by atoms with van der Waals surface area (Å²) in [5, 5.41) is 0. The summed E-state index contributed by atoms with van der Waals surface area (Å²) >= 11 is 0. The standard InChI is InChI=1S/C9H8.Zr/c1-2-5-9-7-3-6-8(9)4-1;/h1-6H,7H2;. The first-order valence-electron chi connectivity index (χ1n) is 3.21. The molecule has 48 valence electrons. The van der Waals surface area contributed by atoms with Crippen LogP contribution < -0.4 is 0 Å². The number of benzene rings is 1. The van der Waals surface area contributed by atoms with E-state index in [0.717, 1.165) is 6.42 Å². The summed E-state index contributed by atoms with van der Waals surface area (Å²) in [4.78, 5) is 0. The minimum Gasteiger partial charge on any atom is -0.0795 e. The van der Waals surface area contributed by atoms with Crippen molar-refractivity contribution in [3.05, 3.63) is 41.5 Å². The van der Waals surface area contributed by atoms with E-state index < -0.39 is 0 Å². The molecule has 0 N–H and O–H groups in total. The molecular weight excluding hydrogens is 199 g/mol. The molecule has 0 bridgehead atoms. The zero-order chi connectivity index (χ0) is 6.10. The normalized spacial score (nSPS) is 12.4. The van der Waals surface area contributed by atoms with Gasteiger partial charge in [-0.3, -0.25) is 0 Å². The van der Waals surface area contributed by atoms with E-state index in [1.807, 2.05) is 0 Å². The van der Waals surface area contributed by atoms with E-state index in [0.29, 0.717) is 0 Å². The van der Waals surface area contributed by atoms with Crippen LogP contribution in [-0.4, -0.2) is 0 Å². The summed E-state index contributed by atoms with van der Waals surface area (Å²) in [6.45, 7) is 0. The van der Waals surface area contributed by atoms with Crippen LogP contribution in [0.2, 0.25) is 0 Å². The summed E-state index contributed by atoms with van der Waals surface area (Å²) in [7, 11) is 0. The molecule has 1 aliphatic rings. The van der Waals surface area contributed by atoms with Crippen molar-refractivity contribution in [1.82, 2.24) is 0 Å². The van der Waals surface area contributed by atoms with E-state index in [2.05, 4.69) is 36.4 Å². The van der Waals surface area contributed by atoms with Crippen LogP contribution >= 0.6 is 0 Å². The summed E-state index contributed by atoms with van der Waals surface area (Å²) < 4.78 is 0. The number of hydrogen-bond donors (Lipinski definition) is 0. The Morgan fingerprint density at radius 2 is 1.90 bits per heavy atom. The summed E-state index contributed by atoms with van der Waals surface area (Å²) in [5.74, 6) is 0. The van der Waals surface area contributed by atoms with Gasteiger partial charge in [-0.15, -0.1) is 0 Å². The maximum atomic E-state index is 2.20. The fourth-order valence-corrected chi connectivity index (χ4v) is 1.20. The Labute approximate surface area is 80.1 Å². The van der Waals surface area contributed by atoms with Crippen molar-refractivity contribution < 1.29 is 26.2 Å². The van der Waals surface area contributed by atoms with Gasteiger partial charge in [-0.05, 0) is 17.5 Å². The smallest absolute Gasteiger partial charge is 0 e. The fourth-order valence-electron chi connectivity index (χ4n) is 1.20. The van der Waals surface area contributed by atoms with Gasteiger partial charge in [0.2, 0.25) is 0 Å². The second-order valence-electron chi connectivity index (χ2n) is 2.31. The molecule has 0 aromatic heterocycles. The molecule has 1 heteroatoms. The quantitative estimate of drug-likeness (QED) is 0.612. The topological polar surface area (TPSA) is 0 Å². The van der Waals surface area contributed by atoms with E-state index in [-0.39, 0.29) is 26.2 Å². The van der Waals surface area contributed by atoms with Crippen LogP contribution in [0.5, 0.6) is 0 Å². The first-order valence-corrected chi connectivity index (χ1v) is 3.21. The summed E-state index contributed by atoms with van der Waals surface area (Å²) in [6, 6.07) is 8.49. The predicted molar refractivity (Wildman–Crippen MR) is 39.2 cm³/mol. The van der Waals surface area contributed by atoms with Gasteiger partial charge in [0.05, 0.1) is 0 Å². The predicted octanol–water partition coefficient (Wildman–Crippen LogP) is 2.25. The van der Waals surface area contributed by atoms with Crippen LogP contribution in [-0.2, 0) is 32.6 Å². The van der Waals surface area contributed by atoms with Crippen molar-refractivity contribution in [3.63, 3.8) is 0 Å². The second-order valence-corrected chi connectivity index (χ2v) is 2.31. The molecule has 10 heavy (non-hydrogen) atoms. The molecule has 0 amide bonds. The SMILES string of the molecule is C1=Cc2ccccc2C1.[Zr]. The van der Waals surface area contributed by atoms with Gasteiger partial charge in [0.1, 0.15) is 0 Å². The van der Waals surface area contributed by atoms with Gasteiger partial charge in [0.25, 0.3) is 0 Å². The molecule has 1 aromatic carbocycles. The molecule has 1 aromatic rings. The molecule has 0 aliphatic heterocycles. The Morgan fingerprint density at radius 1 is 1.10 bits per heavy atom. The van der Waals surface area contributed by atoms with Gasteiger partial charge in [-0.2, -0.15) is 0 Å². The Kier molecular flexibility index (Phi) is 2.62. The minimum absolute atomic E-state index is 0. The molecule has 0 heterocycles.